The average molecular weight is 477 g/mol. The predicted molar refractivity (Wildman–Crippen MR) is 122 cm³/mol. The maximum absolute atomic E-state index is 13.1. The van der Waals surface area contributed by atoms with Crippen LogP contribution in [0.15, 0.2) is 64.7 Å². The van der Waals surface area contributed by atoms with Crippen LogP contribution in [0.5, 0.6) is 0 Å². The number of sulfone groups is 1. The summed E-state index contributed by atoms with van der Waals surface area (Å²) in [7, 11) is -2.67. The molecule has 3 rings (SSSR count). The number of amides is 2. The Bertz CT molecular complexity index is 1160. The molecule has 0 radical (unpaired) electrons. The number of nitrogens with one attached hydrogen (secondary N) is 2. The molecule has 0 saturated carbocycles. The van der Waals surface area contributed by atoms with E-state index in [-0.39, 0.29) is 21.6 Å². The molecule has 0 unspecified atom stereocenters. The van der Waals surface area contributed by atoms with Crippen LogP contribution in [0.4, 0.5) is 4.79 Å². The van der Waals surface area contributed by atoms with E-state index in [1.54, 1.807) is 36.4 Å². The van der Waals surface area contributed by atoms with Crippen LogP contribution < -0.4 is 10.6 Å². The van der Waals surface area contributed by atoms with Crippen molar-refractivity contribution in [2.75, 3.05) is 12.9 Å². The number of carbonyl (C=O) groups excluding carboxylic acids is 2. The Hall–Kier alpha value is -2.84. The summed E-state index contributed by atoms with van der Waals surface area (Å²) in [6.07, 6.45) is 0. The number of benzene rings is 2. The van der Waals surface area contributed by atoms with Crippen LogP contribution in [-0.4, -0.2) is 33.3 Å². The molecule has 0 saturated heterocycles. The highest BCUT2D eigenvalue weighted by Gasteiger charge is 2.35. The topological polar surface area (TPSA) is 102 Å². The summed E-state index contributed by atoms with van der Waals surface area (Å²) in [4.78, 5) is 25.0. The Balaban J connectivity index is 2.04. The molecule has 0 fully saturated rings. The number of hydrogen-bond acceptors (Lipinski definition) is 5. The lowest BCUT2D eigenvalue weighted by Gasteiger charge is -2.29. The van der Waals surface area contributed by atoms with Gasteiger partial charge >= 0.3 is 12.0 Å². The lowest BCUT2D eigenvalue weighted by molar-refractivity contribution is -0.136. The van der Waals surface area contributed by atoms with Gasteiger partial charge in [-0.05, 0) is 40.8 Å². The Kier molecular flexibility index (Phi) is 6.67. The van der Waals surface area contributed by atoms with Crippen molar-refractivity contribution >= 4 is 33.4 Å². The highest BCUT2D eigenvalue weighted by Crippen LogP contribution is 2.30. The second-order valence-electron chi connectivity index (χ2n) is 8.50. The summed E-state index contributed by atoms with van der Waals surface area (Å²) < 4.78 is 31.2. The summed E-state index contributed by atoms with van der Waals surface area (Å²) in [5.41, 5.74) is 1.42. The SMILES string of the molecule is COC(=O)C1=C(CS(=O)(=O)c2ccc(C(C)(C)C)cc2)NC(=O)N[C@H]1c1ccc(Cl)cc1. The Labute approximate surface area is 192 Å². The predicted octanol–water partition coefficient (Wildman–Crippen LogP) is 3.89. The maximum atomic E-state index is 13.1. The zero-order valence-electron chi connectivity index (χ0n) is 18.2. The third kappa shape index (κ3) is 5.14. The van der Waals surface area contributed by atoms with Crippen molar-refractivity contribution in [2.24, 2.45) is 0 Å². The summed E-state index contributed by atoms with van der Waals surface area (Å²) >= 11 is 5.95. The number of carbonyl (C=O) groups is 2. The van der Waals surface area contributed by atoms with Crippen LogP contribution >= 0.6 is 11.6 Å². The summed E-state index contributed by atoms with van der Waals surface area (Å²) in [5, 5.41) is 5.61. The smallest absolute Gasteiger partial charge is 0.338 e. The van der Waals surface area contributed by atoms with Gasteiger partial charge in [-0.15, -0.1) is 0 Å². The quantitative estimate of drug-likeness (QED) is 0.637. The second kappa shape index (κ2) is 8.96. The van der Waals surface area contributed by atoms with Crippen molar-refractivity contribution in [1.82, 2.24) is 10.6 Å². The fraction of sp³-hybridized carbons (Fsp3) is 0.304. The van der Waals surface area contributed by atoms with Gasteiger partial charge in [0, 0.05) is 10.7 Å². The van der Waals surface area contributed by atoms with E-state index in [1.165, 1.54) is 19.2 Å². The summed E-state index contributed by atoms with van der Waals surface area (Å²) in [6.45, 7) is 6.10. The fourth-order valence-corrected chi connectivity index (χ4v) is 4.87. The molecular formula is C23H25ClN2O5S. The van der Waals surface area contributed by atoms with Gasteiger partial charge in [0.1, 0.15) is 0 Å². The molecular weight excluding hydrogens is 452 g/mol. The standard InChI is InChI=1S/C23H25ClN2O5S/c1-23(2,3)15-7-11-17(12-8-15)32(29,30)13-18-19(21(27)31-4)20(26-22(28)25-18)14-5-9-16(24)10-6-14/h5-12,20H,13H2,1-4H3,(H2,25,26,28)/t20-/m0/s1. The highest BCUT2D eigenvalue weighted by molar-refractivity contribution is 7.91. The third-order valence-electron chi connectivity index (χ3n) is 5.18. The van der Waals surface area contributed by atoms with Gasteiger partial charge in [0.2, 0.25) is 0 Å². The molecule has 170 valence electrons. The van der Waals surface area contributed by atoms with E-state index in [2.05, 4.69) is 10.6 Å². The van der Waals surface area contributed by atoms with Gasteiger partial charge in [0.05, 0.1) is 29.4 Å². The van der Waals surface area contributed by atoms with E-state index in [0.29, 0.717) is 10.6 Å². The molecule has 9 heteroatoms. The average Bonchev–Trinajstić information content (AvgIpc) is 2.72. The summed E-state index contributed by atoms with van der Waals surface area (Å²) in [5.74, 6) is -1.31. The highest BCUT2D eigenvalue weighted by atomic mass is 35.5. The van der Waals surface area contributed by atoms with Crippen molar-refractivity contribution in [1.29, 1.82) is 0 Å². The van der Waals surface area contributed by atoms with E-state index in [0.717, 1.165) is 5.56 Å². The molecule has 1 aliphatic rings. The molecule has 2 aromatic carbocycles. The molecule has 2 amide bonds. The first kappa shape index (κ1) is 23.8. The number of halogens is 1. The lowest BCUT2D eigenvalue weighted by atomic mass is 9.87. The molecule has 0 spiro atoms. The van der Waals surface area contributed by atoms with Gasteiger partial charge < -0.3 is 15.4 Å². The third-order valence-corrected chi connectivity index (χ3v) is 7.09. The summed E-state index contributed by atoms with van der Waals surface area (Å²) in [6, 6.07) is 11.6. The molecule has 1 heterocycles. The van der Waals surface area contributed by atoms with Gasteiger partial charge in [0.25, 0.3) is 0 Å². The van der Waals surface area contributed by atoms with Gasteiger partial charge in [-0.3, -0.25) is 0 Å². The first-order valence-electron chi connectivity index (χ1n) is 9.90. The van der Waals surface area contributed by atoms with Crippen molar-refractivity contribution in [3.8, 4) is 0 Å². The molecule has 1 atom stereocenters. The van der Waals surface area contributed by atoms with Crippen molar-refractivity contribution in [3.63, 3.8) is 0 Å². The number of ether oxygens (including phenoxy) is 1. The van der Waals surface area contributed by atoms with Crippen LogP contribution in [0.25, 0.3) is 0 Å². The van der Waals surface area contributed by atoms with E-state index in [4.69, 9.17) is 16.3 Å². The largest absolute Gasteiger partial charge is 0.466 e. The molecule has 0 aromatic heterocycles. The van der Waals surface area contributed by atoms with Crippen LogP contribution in [0.2, 0.25) is 5.02 Å². The van der Waals surface area contributed by atoms with Crippen molar-refractivity contribution in [3.05, 3.63) is 76.0 Å². The van der Waals surface area contributed by atoms with Crippen LogP contribution in [0, 0.1) is 0 Å². The first-order chi connectivity index (χ1) is 14.9. The Morgan fingerprint density at radius 3 is 2.19 bits per heavy atom. The van der Waals surface area contributed by atoms with Gasteiger partial charge in [-0.2, -0.15) is 0 Å². The molecule has 0 bridgehead atoms. The van der Waals surface area contributed by atoms with E-state index >= 15 is 0 Å². The minimum Gasteiger partial charge on any atom is -0.466 e. The number of esters is 1. The van der Waals surface area contributed by atoms with Gasteiger partial charge in [-0.25, -0.2) is 18.0 Å². The number of methoxy groups -OCH3 is 1. The molecule has 32 heavy (non-hydrogen) atoms. The van der Waals surface area contributed by atoms with Gasteiger partial charge in [-0.1, -0.05) is 56.6 Å². The Morgan fingerprint density at radius 1 is 1.06 bits per heavy atom. The van der Waals surface area contributed by atoms with Crippen molar-refractivity contribution in [2.45, 2.75) is 37.1 Å². The number of hydrogen-bond donors (Lipinski definition) is 2. The Morgan fingerprint density at radius 2 is 1.66 bits per heavy atom. The fourth-order valence-electron chi connectivity index (χ4n) is 3.42. The molecule has 1 aliphatic heterocycles. The van der Waals surface area contributed by atoms with Crippen LogP contribution in [-0.2, 0) is 24.8 Å². The molecule has 7 nitrogen and oxygen atoms in total. The first-order valence-corrected chi connectivity index (χ1v) is 11.9. The van der Waals surface area contributed by atoms with Gasteiger partial charge in [0.15, 0.2) is 9.84 Å². The number of rotatable bonds is 5. The molecule has 0 aliphatic carbocycles. The lowest BCUT2D eigenvalue weighted by Crippen LogP contribution is -2.47. The normalized spacial score (nSPS) is 16.9. The van der Waals surface area contributed by atoms with E-state index < -0.39 is 33.6 Å². The zero-order valence-corrected chi connectivity index (χ0v) is 19.8. The van der Waals surface area contributed by atoms with E-state index in [9.17, 15) is 18.0 Å². The number of urea groups is 1. The molecule has 2 aromatic rings. The van der Waals surface area contributed by atoms with Crippen LogP contribution in [0.1, 0.15) is 37.9 Å². The minimum atomic E-state index is -3.86. The van der Waals surface area contributed by atoms with E-state index in [1.807, 2.05) is 20.8 Å². The van der Waals surface area contributed by atoms with Crippen molar-refractivity contribution < 1.29 is 22.7 Å². The molecule has 2 N–H and O–H groups in total. The zero-order chi connectivity index (χ0) is 23.7. The second-order valence-corrected chi connectivity index (χ2v) is 10.9. The maximum Gasteiger partial charge on any atom is 0.338 e. The van der Waals surface area contributed by atoms with Crippen LogP contribution in [0.3, 0.4) is 0 Å². The monoisotopic (exact) mass is 476 g/mol. The minimum absolute atomic E-state index is 0.0179.